The summed E-state index contributed by atoms with van der Waals surface area (Å²) in [7, 11) is 0. The van der Waals surface area contributed by atoms with E-state index in [1.165, 1.54) is 11.8 Å². The average molecular weight is 226 g/mol. The number of carboxylic acid groups (broad SMARTS) is 1. The molecule has 1 N–H and O–H groups in total. The highest BCUT2D eigenvalue weighted by atomic mass is 32.2. The molecule has 0 bridgehead atoms. The Labute approximate surface area is 93.1 Å². The van der Waals surface area contributed by atoms with Crippen molar-refractivity contribution in [3.05, 3.63) is 18.0 Å². The van der Waals surface area contributed by atoms with E-state index in [2.05, 4.69) is 9.97 Å². The Morgan fingerprint density at radius 1 is 1.53 bits per heavy atom. The lowest BCUT2D eigenvalue weighted by molar-refractivity contribution is -0.137. The van der Waals surface area contributed by atoms with Crippen LogP contribution >= 0.6 is 11.8 Å². The van der Waals surface area contributed by atoms with Crippen LogP contribution in [0.5, 0.6) is 0 Å². The number of aliphatic carboxylic acids is 1. The van der Waals surface area contributed by atoms with E-state index in [0.717, 1.165) is 5.56 Å². The lowest BCUT2D eigenvalue weighted by Crippen LogP contribution is -2.03. The van der Waals surface area contributed by atoms with Gasteiger partial charge in [-0.1, -0.05) is 18.7 Å². The highest BCUT2D eigenvalue weighted by molar-refractivity contribution is 7.99. The zero-order valence-corrected chi connectivity index (χ0v) is 9.62. The molecule has 0 aromatic carbocycles. The van der Waals surface area contributed by atoms with Gasteiger partial charge >= 0.3 is 5.97 Å². The van der Waals surface area contributed by atoms with Crippen LogP contribution in [0.1, 0.15) is 25.3 Å². The van der Waals surface area contributed by atoms with Crippen molar-refractivity contribution in [1.82, 2.24) is 9.97 Å². The van der Waals surface area contributed by atoms with Gasteiger partial charge in [0.15, 0.2) is 5.16 Å². The van der Waals surface area contributed by atoms with E-state index < -0.39 is 5.97 Å². The summed E-state index contributed by atoms with van der Waals surface area (Å²) < 4.78 is 0. The normalized spacial score (nSPS) is 12.4. The number of nitrogens with zero attached hydrogens (tertiary/aromatic N) is 2. The third kappa shape index (κ3) is 4.78. The van der Waals surface area contributed by atoms with Gasteiger partial charge in [-0.05, 0) is 18.9 Å². The molecule has 0 saturated carbocycles. The van der Waals surface area contributed by atoms with Crippen LogP contribution in [0.15, 0.2) is 17.6 Å². The van der Waals surface area contributed by atoms with Crippen LogP contribution in [-0.2, 0) is 4.79 Å². The Bertz CT molecular complexity index is 327. The fraction of sp³-hybridized carbons (Fsp3) is 0.500. The van der Waals surface area contributed by atoms with Gasteiger partial charge in [-0.25, -0.2) is 9.97 Å². The molecule has 4 nitrogen and oxygen atoms in total. The molecule has 0 aliphatic heterocycles. The molecule has 0 fully saturated rings. The number of rotatable bonds is 5. The van der Waals surface area contributed by atoms with Gasteiger partial charge in [-0.15, -0.1) is 0 Å². The molecule has 0 radical (unpaired) electrons. The lowest BCUT2D eigenvalue weighted by atomic mass is 10.2. The first-order valence-corrected chi connectivity index (χ1v) is 5.63. The van der Waals surface area contributed by atoms with Gasteiger partial charge in [0, 0.05) is 24.1 Å². The van der Waals surface area contributed by atoms with E-state index in [4.69, 9.17) is 5.11 Å². The van der Waals surface area contributed by atoms with Crippen LogP contribution in [-0.4, -0.2) is 26.3 Å². The van der Waals surface area contributed by atoms with E-state index in [-0.39, 0.29) is 11.7 Å². The Kier molecular flexibility index (Phi) is 4.55. The molecular weight excluding hydrogens is 212 g/mol. The predicted octanol–water partition coefficient (Wildman–Crippen LogP) is 2.13. The average Bonchev–Trinajstić information content (AvgIpc) is 2.19. The standard InChI is InChI=1S/C10H14N2O2S/c1-7-5-11-10(12-6-7)15-8(2)3-4-9(13)14/h5-6,8H,3-4H2,1-2H3,(H,13,14). The van der Waals surface area contributed by atoms with Crippen LogP contribution in [0.25, 0.3) is 0 Å². The topological polar surface area (TPSA) is 63.1 Å². The Balaban J connectivity index is 2.40. The second kappa shape index (κ2) is 5.70. The SMILES string of the molecule is Cc1cnc(SC(C)CCC(=O)O)nc1. The fourth-order valence-corrected chi connectivity index (χ4v) is 1.83. The number of carboxylic acids is 1. The molecular formula is C10H14N2O2S. The maximum atomic E-state index is 10.4. The third-order valence-electron chi connectivity index (χ3n) is 1.83. The number of aromatic nitrogens is 2. The minimum atomic E-state index is -0.757. The minimum absolute atomic E-state index is 0.194. The fourth-order valence-electron chi connectivity index (χ4n) is 1.01. The molecule has 1 aromatic rings. The molecule has 1 heterocycles. The minimum Gasteiger partial charge on any atom is -0.481 e. The van der Waals surface area contributed by atoms with Crippen molar-refractivity contribution >= 4 is 17.7 Å². The van der Waals surface area contributed by atoms with Gasteiger partial charge in [0.1, 0.15) is 0 Å². The van der Waals surface area contributed by atoms with E-state index in [9.17, 15) is 4.79 Å². The molecule has 1 aromatic heterocycles. The van der Waals surface area contributed by atoms with E-state index in [1.807, 2.05) is 13.8 Å². The van der Waals surface area contributed by atoms with Crippen molar-refractivity contribution in [1.29, 1.82) is 0 Å². The summed E-state index contributed by atoms with van der Waals surface area (Å²) in [4.78, 5) is 18.7. The number of thioether (sulfide) groups is 1. The second-order valence-corrected chi connectivity index (χ2v) is 4.81. The van der Waals surface area contributed by atoms with Crippen molar-refractivity contribution in [3.8, 4) is 0 Å². The molecule has 1 rings (SSSR count). The molecule has 1 unspecified atom stereocenters. The van der Waals surface area contributed by atoms with Gasteiger partial charge in [0.25, 0.3) is 0 Å². The first-order chi connectivity index (χ1) is 7.08. The summed E-state index contributed by atoms with van der Waals surface area (Å²) >= 11 is 1.51. The molecule has 0 spiro atoms. The van der Waals surface area contributed by atoms with E-state index in [0.29, 0.717) is 11.6 Å². The van der Waals surface area contributed by atoms with Gasteiger partial charge in [-0.2, -0.15) is 0 Å². The smallest absolute Gasteiger partial charge is 0.303 e. The summed E-state index contributed by atoms with van der Waals surface area (Å²) in [5, 5.41) is 9.46. The molecule has 0 aliphatic rings. The molecule has 0 amide bonds. The van der Waals surface area contributed by atoms with Gasteiger partial charge in [0.2, 0.25) is 0 Å². The molecule has 0 aliphatic carbocycles. The van der Waals surface area contributed by atoms with Crippen molar-refractivity contribution in [2.45, 2.75) is 37.1 Å². The summed E-state index contributed by atoms with van der Waals surface area (Å²) in [5.74, 6) is -0.757. The van der Waals surface area contributed by atoms with Crippen LogP contribution in [0, 0.1) is 6.92 Å². The van der Waals surface area contributed by atoms with Gasteiger partial charge in [0.05, 0.1) is 0 Å². The summed E-state index contributed by atoms with van der Waals surface area (Å²) in [6, 6.07) is 0. The zero-order valence-electron chi connectivity index (χ0n) is 8.80. The first-order valence-electron chi connectivity index (χ1n) is 4.75. The van der Waals surface area contributed by atoms with Crippen LogP contribution in [0.3, 0.4) is 0 Å². The van der Waals surface area contributed by atoms with Crippen molar-refractivity contribution in [2.75, 3.05) is 0 Å². The maximum Gasteiger partial charge on any atom is 0.303 e. The predicted molar refractivity (Wildman–Crippen MR) is 59.0 cm³/mol. The summed E-state index contributed by atoms with van der Waals surface area (Å²) in [6.45, 7) is 3.92. The van der Waals surface area contributed by atoms with Gasteiger partial charge < -0.3 is 5.11 Å². The summed E-state index contributed by atoms with van der Waals surface area (Å²) in [5.41, 5.74) is 1.03. The largest absolute Gasteiger partial charge is 0.481 e. The van der Waals surface area contributed by atoms with Crippen molar-refractivity contribution in [2.24, 2.45) is 0 Å². The Morgan fingerprint density at radius 3 is 2.67 bits per heavy atom. The first kappa shape index (κ1) is 12.0. The van der Waals surface area contributed by atoms with Crippen LogP contribution in [0.4, 0.5) is 0 Å². The zero-order chi connectivity index (χ0) is 11.3. The second-order valence-electron chi connectivity index (χ2n) is 3.40. The third-order valence-corrected chi connectivity index (χ3v) is 2.89. The Morgan fingerprint density at radius 2 is 2.13 bits per heavy atom. The number of aryl methyl sites for hydroxylation is 1. The van der Waals surface area contributed by atoms with Crippen molar-refractivity contribution < 1.29 is 9.90 Å². The van der Waals surface area contributed by atoms with Crippen molar-refractivity contribution in [3.63, 3.8) is 0 Å². The molecule has 1 atom stereocenters. The summed E-state index contributed by atoms with van der Waals surface area (Å²) in [6.07, 6.45) is 4.36. The lowest BCUT2D eigenvalue weighted by Gasteiger charge is -2.07. The highest BCUT2D eigenvalue weighted by Crippen LogP contribution is 2.22. The molecule has 0 saturated heterocycles. The van der Waals surface area contributed by atoms with E-state index >= 15 is 0 Å². The molecule has 5 heteroatoms. The number of hydrogen-bond donors (Lipinski definition) is 1. The van der Waals surface area contributed by atoms with Crippen LogP contribution < -0.4 is 0 Å². The monoisotopic (exact) mass is 226 g/mol. The quantitative estimate of drug-likeness (QED) is 0.615. The number of carbonyl (C=O) groups is 1. The van der Waals surface area contributed by atoms with Crippen LogP contribution in [0.2, 0.25) is 0 Å². The van der Waals surface area contributed by atoms with Gasteiger partial charge in [-0.3, -0.25) is 4.79 Å². The maximum absolute atomic E-state index is 10.4. The highest BCUT2D eigenvalue weighted by Gasteiger charge is 2.08. The Hall–Kier alpha value is -1.10. The molecule has 82 valence electrons. The van der Waals surface area contributed by atoms with E-state index in [1.54, 1.807) is 12.4 Å². The number of hydrogen-bond acceptors (Lipinski definition) is 4. The molecule has 15 heavy (non-hydrogen) atoms.